The number of halogens is 1. The molecule has 0 amide bonds. The average molecular weight is 355 g/mol. The SMILES string of the molecule is Cc1ccccc1[P@](c1ccccc1)c1ccccc1Br. The van der Waals surface area contributed by atoms with Crippen LogP contribution in [0.1, 0.15) is 5.56 Å². The lowest BCUT2D eigenvalue weighted by Crippen LogP contribution is -2.23. The first kappa shape index (κ1) is 14.5. The normalized spacial score (nSPS) is 12.1. The van der Waals surface area contributed by atoms with E-state index >= 15 is 0 Å². The molecule has 0 N–H and O–H groups in total. The monoisotopic (exact) mass is 354 g/mol. The highest BCUT2D eigenvalue weighted by atomic mass is 79.9. The van der Waals surface area contributed by atoms with Crippen molar-refractivity contribution in [3.63, 3.8) is 0 Å². The highest BCUT2D eigenvalue weighted by Gasteiger charge is 2.19. The Balaban J connectivity index is 2.22. The van der Waals surface area contributed by atoms with E-state index in [1.165, 1.54) is 25.9 Å². The van der Waals surface area contributed by atoms with Crippen LogP contribution in [0.15, 0.2) is 83.3 Å². The number of hydrogen-bond donors (Lipinski definition) is 0. The first-order valence-corrected chi connectivity index (χ1v) is 9.06. The Hall–Kier alpha value is -1.43. The molecule has 0 saturated carbocycles. The van der Waals surface area contributed by atoms with Crippen LogP contribution in [-0.2, 0) is 0 Å². The maximum atomic E-state index is 3.73. The Bertz CT molecular complexity index is 692. The van der Waals surface area contributed by atoms with Crippen molar-refractivity contribution in [3.8, 4) is 0 Å². The van der Waals surface area contributed by atoms with E-state index in [0.29, 0.717) is 0 Å². The van der Waals surface area contributed by atoms with E-state index in [4.69, 9.17) is 0 Å². The molecular formula is C19H16BrP. The summed E-state index contributed by atoms with van der Waals surface area (Å²) < 4.78 is 1.18. The van der Waals surface area contributed by atoms with Gasteiger partial charge in [-0.05, 0) is 42.4 Å². The van der Waals surface area contributed by atoms with Gasteiger partial charge in [0.25, 0.3) is 0 Å². The molecule has 0 fully saturated rings. The summed E-state index contributed by atoms with van der Waals surface area (Å²) in [5, 5.41) is 4.17. The third-order valence-corrected chi connectivity index (χ3v) is 7.13. The molecule has 0 bridgehead atoms. The predicted molar refractivity (Wildman–Crippen MR) is 97.6 cm³/mol. The van der Waals surface area contributed by atoms with Crippen molar-refractivity contribution in [2.24, 2.45) is 0 Å². The molecule has 1 atom stereocenters. The molecule has 0 nitrogen and oxygen atoms in total. The van der Waals surface area contributed by atoms with Crippen LogP contribution in [0.25, 0.3) is 0 Å². The summed E-state index contributed by atoms with van der Waals surface area (Å²) in [4.78, 5) is 0. The highest BCUT2D eigenvalue weighted by molar-refractivity contribution is 9.10. The van der Waals surface area contributed by atoms with Crippen molar-refractivity contribution in [3.05, 3.63) is 88.9 Å². The topological polar surface area (TPSA) is 0 Å². The molecule has 104 valence electrons. The van der Waals surface area contributed by atoms with Gasteiger partial charge in [-0.25, -0.2) is 0 Å². The van der Waals surface area contributed by atoms with Crippen molar-refractivity contribution in [1.29, 1.82) is 0 Å². The number of rotatable bonds is 3. The van der Waals surface area contributed by atoms with E-state index in [1.54, 1.807) is 0 Å². The quantitative estimate of drug-likeness (QED) is 0.606. The lowest BCUT2D eigenvalue weighted by Gasteiger charge is -2.22. The molecule has 0 aliphatic heterocycles. The Morgan fingerprint density at radius 3 is 1.90 bits per heavy atom. The largest absolute Gasteiger partial charge is 0.0622 e. The summed E-state index contributed by atoms with van der Waals surface area (Å²) in [5.41, 5.74) is 1.35. The zero-order valence-corrected chi connectivity index (χ0v) is 14.3. The van der Waals surface area contributed by atoms with Crippen LogP contribution < -0.4 is 15.9 Å². The van der Waals surface area contributed by atoms with E-state index < -0.39 is 7.92 Å². The molecule has 0 saturated heterocycles. The van der Waals surface area contributed by atoms with Gasteiger partial charge in [0.1, 0.15) is 0 Å². The summed E-state index contributed by atoms with van der Waals surface area (Å²) in [6.07, 6.45) is 0. The van der Waals surface area contributed by atoms with Crippen LogP contribution in [-0.4, -0.2) is 0 Å². The van der Waals surface area contributed by atoms with Crippen molar-refractivity contribution in [2.75, 3.05) is 0 Å². The van der Waals surface area contributed by atoms with Gasteiger partial charge in [-0.2, -0.15) is 0 Å². The summed E-state index contributed by atoms with van der Waals surface area (Å²) in [6.45, 7) is 2.20. The fourth-order valence-electron chi connectivity index (χ4n) is 2.43. The second-order valence-corrected chi connectivity index (χ2v) is 7.91. The maximum absolute atomic E-state index is 3.73. The molecule has 0 radical (unpaired) electrons. The number of hydrogen-bond acceptors (Lipinski definition) is 0. The lowest BCUT2D eigenvalue weighted by atomic mass is 10.2. The summed E-state index contributed by atoms with van der Waals surface area (Å²) in [6, 6.07) is 28.1. The third kappa shape index (κ3) is 3.10. The summed E-state index contributed by atoms with van der Waals surface area (Å²) in [5.74, 6) is 0. The molecule has 0 aromatic heterocycles. The van der Waals surface area contributed by atoms with Gasteiger partial charge in [0.15, 0.2) is 0 Å². The van der Waals surface area contributed by atoms with Crippen LogP contribution in [0.3, 0.4) is 0 Å². The van der Waals surface area contributed by atoms with E-state index in [9.17, 15) is 0 Å². The van der Waals surface area contributed by atoms with E-state index in [0.717, 1.165) is 0 Å². The minimum absolute atomic E-state index is 0.535. The number of benzene rings is 3. The van der Waals surface area contributed by atoms with Gasteiger partial charge in [0.2, 0.25) is 0 Å². The molecule has 0 heterocycles. The van der Waals surface area contributed by atoms with E-state index in [1.807, 2.05) is 0 Å². The van der Waals surface area contributed by atoms with Gasteiger partial charge in [-0.15, -0.1) is 0 Å². The standard InChI is InChI=1S/C19H16BrP/c1-15-9-5-7-13-18(15)21(16-10-3-2-4-11-16)19-14-8-6-12-17(19)20/h2-14H,1H3/t21-/m0/s1. The Morgan fingerprint density at radius 2 is 1.24 bits per heavy atom. The van der Waals surface area contributed by atoms with Gasteiger partial charge in [0, 0.05) is 4.47 Å². The molecule has 0 unspecified atom stereocenters. The molecule has 0 aliphatic rings. The van der Waals surface area contributed by atoms with Crippen LogP contribution in [0.2, 0.25) is 0 Å². The second kappa shape index (κ2) is 6.56. The van der Waals surface area contributed by atoms with Crippen molar-refractivity contribution in [2.45, 2.75) is 6.92 Å². The highest BCUT2D eigenvalue weighted by Crippen LogP contribution is 2.36. The zero-order chi connectivity index (χ0) is 14.7. The maximum Gasteiger partial charge on any atom is 0.0258 e. The molecular weight excluding hydrogens is 339 g/mol. The molecule has 3 aromatic rings. The number of aryl methyl sites for hydroxylation is 1. The first-order valence-electron chi connectivity index (χ1n) is 6.93. The Labute approximate surface area is 135 Å². The smallest absolute Gasteiger partial charge is 0.0258 e. The minimum Gasteiger partial charge on any atom is -0.0622 e. The van der Waals surface area contributed by atoms with Gasteiger partial charge >= 0.3 is 0 Å². The fourth-order valence-corrected chi connectivity index (χ4v) is 5.72. The van der Waals surface area contributed by atoms with Gasteiger partial charge < -0.3 is 0 Å². The first-order chi connectivity index (χ1) is 10.3. The van der Waals surface area contributed by atoms with Crippen molar-refractivity contribution in [1.82, 2.24) is 0 Å². The molecule has 3 aromatic carbocycles. The molecule has 0 aliphatic carbocycles. The van der Waals surface area contributed by atoms with Gasteiger partial charge in [-0.1, -0.05) is 88.7 Å². The third-order valence-electron chi connectivity index (χ3n) is 3.46. The lowest BCUT2D eigenvalue weighted by molar-refractivity contribution is 1.52. The predicted octanol–water partition coefficient (Wildman–Crippen LogP) is 4.52. The van der Waals surface area contributed by atoms with E-state index in [2.05, 4.69) is 102 Å². The summed E-state index contributed by atoms with van der Waals surface area (Å²) in [7, 11) is -0.535. The van der Waals surface area contributed by atoms with Crippen molar-refractivity contribution >= 4 is 39.8 Å². The van der Waals surface area contributed by atoms with Gasteiger partial charge in [0.05, 0.1) is 0 Å². The van der Waals surface area contributed by atoms with Crippen LogP contribution >= 0.6 is 23.9 Å². The Morgan fingerprint density at radius 1 is 0.667 bits per heavy atom. The molecule has 0 spiro atoms. The van der Waals surface area contributed by atoms with Crippen LogP contribution in [0.4, 0.5) is 0 Å². The fraction of sp³-hybridized carbons (Fsp3) is 0.0526. The van der Waals surface area contributed by atoms with Crippen LogP contribution in [0, 0.1) is 6.92 Å². The second-order valence-electron chi connectivity index (χ2n) is 4.91. The molecule has 2 heteroatoms. The Kier molecular flexibility index (Phi) is 4.53. The summed E-state index contributed by atoms with van der Waals surface area (Å²) >= 11 is 3.73. The average Bonchev–Trinajstić information content (AvgIpc) is 2.52. The zero-order valence-electron chi connectivity index (χ0n) is 11.8. The minimum atomic E-state index is -0.535. The molecule has 3 rings (SSSR count). The van der Waals surface area contributed by atoms with Gasteiger partial charge in [-0.3, -0.25) is 0 Å². The van der Waals surface area contributed by atoms with Crippen molar-refractivity contribution < 1.29 is 0 Å². The van der Waals surface area contributed by atoms with Crippen LogP contribution in [0.5, 0.6) is 0 Å². The molecule has 21 heavy (non-hydrogen) atoms. The van der Waals surface area contributed by atoms with E-state index in [-0.39, 0.29) is 0 Å².